The van der Waals surface area contributed by atoms with Crippen molar-refractivity contribution in [2.45, 2.75) is 6.92 Å². The molecule has 0 aliphatic rings. The van der Waals surface area contributed by atoms with Crippen LogP contribution in [0.15, 0.2) is 17.1 Å². The summed E-state index contributed by atoms with van der Waals surface area (Å²) in [6.07, 6.45) is 3.47. The highest BCUT2D eigenvalue weighted by molar-refractivity contribution is 8.13. The fourth-order valence-corrected chi connectivity index (χ4v) is 1.86. The third-order valence-electron chi connectivity index (χ3n) is 2.11. The topological polar surface area (TPSA) is 85.5 Å². The second kappa shape index (κ2) is 6.28. The van der Waals surface area contributed by atoms with Gasteiger partial charge in [0.05, 0.1) is 10.7 Å². The van der Waals surface area contributed by atoms with Crippen molar-refractivity contribution in [3.05, 3.63) is 28.3 Å². The molecule has 0 bridgehead atoms. The molecule has 0 heterocycles. The Morgan fingerprint density at radius 3 is 2.78 bits per heavy atom. The van der Waals surface area contributed by atoms with Gasteiger partial charge in [-0.2, -0.15) is 5.26 Å². The summed E-state index contributed by atoms with van der Waals surface area (Å²) in [6.45, 7) is 1.73. The minimum absolute atomic E-state index is 0.0667. The largest absolute Gasteiger partial charge is 0.478 e. The first kappa shape index (κ1) is 14.4. The standard InChI is InChI=1S/C11H10ClN3O2S/c1-6-3-4-7(12)8(10(16)17)9(6)15-11(18-2)14-5-13/h3-4H,1-2H3,(H,14,15)(H,16,17). The van der Waals surface area contributed by atoms with Gasteiger partial charge in [-0.25, -0.2) is 9.79 Å². The van der Waals surface area contributed by atoms with Crippen molar-refractivity contribution >= 4 is 40.2 Å². The molecular weight excluding hydrogens is 274 g/mol. The quantitative estimate of drug-likeness (QED) is 0.377. The number of carboxylic acids is 1. The summed E-state index contributed by atoms with van der Waals surface area (Å²) in [5, 5.41) is 20.5. The van der Waals surface area contributed by atoms with Crippen LogP contribution in [0.3, 0.4) is 0 Å². The Hall–Kier alpha value is -1.71. The van der Waals surface area contributed by atoms with Crippen LogP contribution < -0.4 is 5.32 Å². The van der Waals surface area contributed by atoms with E-state index in [-0.39, 0.29) is 16.3 Å². The maximum Gasteiger partial charge on any atom is 0.339 e. The van der Waals surface area contributed by atoms with Crippen LogP contribution in [0.4, 0.5) is 5.69 Å². The van der Waals surface area contributed by atoms with Crippen molar-refractivity contribution in [2.24, 2.45) is 4.99 Å². The lowest BCUT2D eigenvalue weighted by atomic mass is 10.1. The number of aromatic carboxylic acids is 1. The second-order valence-corrected chi connectivity index (χ2v) is 4.45. The molecule has 0 aliphatic carbocycles. The van der Waals surface area contributed by atoms with E-state index in [9.17, 15) is 4.79 Å². The lowest BCUT2D eigenvalue weighted by Gasteiger charge is -2.08. The molecule has 0 radical (unpaired) electrons. The number of nitrogens with one attached hydrogen (secondary N) is 1. The van der Waals surface area contributed by atoms with Gasteiger partial charge in [-0.05, 0) is 24.8 Å². The van der Waals surface area contributed by atoms with Crippen molar-refractivity contribution < 1.29 is 9.90 Å². The first-order valence-corrected chi connectivity index (χ1v) is 6.41. The van der Waals surface area contributed by atoms with E-state index in [2.05, 4.69) is 10.3 Å². The van der Waals surface area contributed by atoms with Gasteiger partial charge in [0, 0.05) is 0 Å². The van der Waals surface area contributed by atoms with Crippen molar-refractivity contribution in [2.75, 3.05) is 6.26 Å². The normalized spacial score (nSPS) is 10.9. The number of amidine groups is 1. The summed E-state index contributed by atoms with van der Waals surface area (Å²) in [5.74, 6) is -1.15. The van der Waals surface area contributed by atoms with E-state index < -0.39 is 5.97 Å². The molecule has 18 heavy (non-hydrogen) atoms. The number of hydrogen-bond acceptors (Lipinski definition) is 4. The average Bonchev–Trinajstić information content (AvgIpc) is 2.32. The number of rotatable bonds is 2. The molecular formula is C11H10ClN3O2S. The monoisotopic (exact) mass is 283 g/mol. The van der Waals surface area contributed by atoms with Crippen LogP contribution in [-0.4, -0.2) is 22.5 Å². The molecule has 2 N–H and O–H groups in total. The number of halogens is 1. The highest BCUT2D eigenvalue weighted by Gasteiger charge is 2.17. The number of thioether (sulfide) groups is 1. The average molecular weight is 284 g/mol. The molecule has 0 saturated carbocycles. The molecule has 0 atom stereocenters. The first-order chi connectivity index (χ1) is 8.51. The zero-order chi connectivity index (χ0) is 13.7. The van der Waals surface area contributed by atoms with Crippen LogP contribution in [0.1, 0.15) is 15.9 Å². The molecule has 94 valence electrons. The predicted octanol–water partition coefficient (Wildman–Crippen LogP) is 2.77. The van der Waals surface area contributed by atoms with Gasteiger partial charge in [0.2, 0.25) is 0 Å². The number of hydrogen-bond donors (Lipinski definition) is 2. The van der Waals surface area contributed by atoms with Crippen LogP contribution in [0, 0.1) is 18.4 Å². The number of nitriles is 1. The molecule has 1 rings (SSSR count). The molecule has 0 amide bonds. The Kier molecular flexibility index (Phi) is 5.01. The highest BCUT2D eigenvalue weighted by atomic mass is 35.5. The summed E-state index contributed by atoms with van der Waals surface area (Å²) in [7, 11) is 0. The zero-order valence-corrected chi connectivity index (χ0v) is 11.3. The van der Waals surface area contributed by atoms with Crippen LogP contribution in [0.25, 0.3) is 0 Å². The molecule has 0 saturated heterocycles. The molecule has 5 nitrogen and oxygen atoms in total. The van der Waals surface area contributed by atoms with Crippen LogP contribution in [0.2, 0.25) is 5.02 Å². The Morgan fingerprint density at radius 2 is 2.28 bits per heavy atom. The van der Waals surface area contributed by atoms with Gasteiger partial charge in [0.15, 0.2) is 11.4 Å². The number of aryl methyl sites for hydroxylation is 1. The Balaban J connectivity index is 3.44. The van der Waals surface area contributed by atoms with E-state index in [0.29, 0.717) is 10.7 Å². The lowest BCUT2D eigenvalue weighted by molar-refractivity contribution is 0.0698. The van der Waals surface area contributed by atoms with Gasteiger partial charge >= 0.3 is 5.97 Å². The summed E-state index contributed by atoms with van der Waals surface area (Å²) in [5.41, 5.74) is 0.855. The minimum atomic E-state index is -1.15. The van der Waals surface area contributed by atoms with Gasteiger partial charge in [0.1, 0.15) is 5.56 Å². The fourth-order valence-electron chi connectivity index (χ4n) is 1.29. The van der Waals surface area contributed by atoms with Gasteiger partial charge in [0.25, 0.3) is 0 Å². The van der Waals surface area contributed by atoms with Crippen LogP contribution in [-0.2, 0) is 0 Å². The third-order valence-corrected chi connectivity index (χ3v) is 3.01. The van der Waals surface area contributed by atoms with Crippen molar-refractivity contribution in [3.63, 3.8) is 0 Å². The van der Waals surface area contributed by atoms with Crippen molar-refractivity contribution in [3.8, 4) is 6.19 Å². The molecule has 1 aromatic rings. The summed E-state index contributed by atoms with van der Waals surface area (Å²) in [4.78, 5) is 15.3. The van der Waals surface area contributed by atoms with Gasteiger partial charge < -0.3 is 5.11 Å². The molecule has 0 fully saturated rings. The Labute approximate surface area is 113 Å². The van der Waals surface area contributed by atoms with Gasteiger partial charge in [-0.3, -0.25) is 5.32 Å². The zero-order valence-electron chi connectivity index (χ0n) is 9.69. The maximum absolute atomic E-state index is 11.2. The van der Waals surface area contributed by atoms with E-state index in [4.69, 9.17) is 22.0 Å². The smallest absolute Gasteiger partial charge is 0.339 e. The SMILES string of the molecule is CSC(=Nc1c(C)ccc(Cl)c1C(=O)O)NC#N. The summed E-state index contributed by atoms with van der Waals surface area (Å²) in [6, 6.07) is 3.19. The van der Waals surface area contributed by atoms with Crippen molar-refractivity contribution in [1.82, 2.24) is 5.32 Å². The summed E-state index contributed by atoms with van der Waals surface area (Å²) >= 11 is 7.06. The van der Waals surface area contributed by atoms with E-state index >= 15 is 0 Å². The van der Waals surface area contributed by atoms with E-state index in [1.807, 2.05) is 0 Å². The number of carboxylic acid groups (broad SMARTS) is 1. The maximum atomic E-state index is 11.2. The highest BCUT2D eigenvalue weighted by Crippen LogP contribution is 2.31. The summed E-state index contributed by atoms with van der Waals surface area (Å²) < 4.78 is 0. The van der Waals surface area contributed by atoms with Crippen LogP contribution in [0.5, 0.6) is 0 Å². The number of benzene rings is 1. The van der Waals surface area contributed by atoms with Crippen molar-refractivity contribution in [1.29, 1.82) is 5.26 Å². The molecule has 0 aromatic heterocycles. The number of nitrogens with zero attached hydrogens (tertiary/aromatic N) is 2. The van der Waals surface area contributed by atoms with E-state index in [1.165, 1.54) is 17.8 Å². The predicted molar refractivity (Wildman–Crippen MR) is 72.5 cm³/mol. The molecule has 0 unspecified atom stereocenters. The van der Waals surface area contributed by atoms with E-state index in [1.54, 1.807) is 25.4 Å². The van der Waals surface area contributed by atoms with Gasteiger partial charge in [-0.1, -0.05) is 29.4 Å². The third kappa shape index (κ3) is 3.15. The Morgan fingerprint density at radius 1 is 1.61 bits per heavy atom. The van der Waals surface area contributed by atoms with Crippen LogP contribution >= 0.6 is 23.4 Å². The molecule has 0 spiro atoms. The minimum Gasteiger partial charge on any atom is -0.478 e. The van der Waals surface area contributed by atoms with Gasteiger partial charge in [-0.15, -0.1) is 0 Å². The molecule has 0 aliphatic heterocycles. The van der Waals surface area contributed by atoms with E-state index in [0.717, 1.165) is 0 Å². The number of aliphatic imine (C=N–C) groups is 1. The molecule has 1 aromatic carbocycles. The Bertz CT molecular complexity index is 552. The number of carbonyl (C=O) groups is 1. The molecule has 7 heteroatoms. The first-order valence-electron chi connectivity index (χ1n) is 4.81. The second-order valence-electron chi connectivity index (χ2n) is 3.25. The lowest BCUT2D eigenvalue weighted by Crippen LogP contribution is -2.13. The fraction of sp³-hybridized carbons (Fsp3) is 0.182.